The number of carbonyl (C=O) groups is 1. The molecule has 1 aliphatic rings. The predicted octanol–water partition coefficient (Wildman–Crippen LogP) is 3.94. The molecule has 1 fully saturated rings. The molecule has 0 bridgehead atoms. The quantitative estimate of drug-likeness (QED) is 0.698. The maximum absolute atomic E-state index is 12.5. The van der Waals surface area contributed by atoms with Gasteiger partial charge in [-0.1, -0.05) is 60.7 Å². The molecule has 1 amide bonds. The highest BCUT2D eigenvalue weighted by atomic mass is 16.1. The van der Waals surface area contributed by atoms with E-state index in [4.69, 9.17) is 0 Å². The number of nitrogens with one attached hydrogen (secondary N) is 1. The van der Waals surface area contributed by atoms with Crippen molar-refractivity contribution in [3.05, 3.63) is 102 Å². The molecule has 3 aromatic carbocycles. The van der Waals surface area contributed by atoms with Crippen LogP contribution >= 0.6 is 0 Å². The lowest BCUT2D eigenvalue weighted by Gasteiger charge is -2.36. The van der Waals surface area contributed by atoms with Crippen LogP contribution in [-0.4, -0.2) is 37.0 Å². The van der Waals surface area contributed by atoms with Gasteiger partial charge in [0, 0.05) is 50.5 Å². The molecular formula is C25H27N3O. The molecule has 29 heavy (non-hydrogen) atoms. The van der Waals surface area contributed by atoms with Crippen LogP contribution in [0, 0.1) is 0 Å². The lowest BCUT2D eigenvalue weighted by Crippen LogP contribution is -2.45. The number of benzene rings is 3. The van der Waals surface area contributed by atoms with E-state index in [1.54, 1.807) is 0 Å². The number of rotatable bonds is 6. The van der Waals surface area contributed by atoms with Gasteiger partial charge in [0.1, 0.15) is 0 Å². The Morgan fingerprint density at radius 1 is 0.759 bits per heavy atom. The van der Waals surface area contributed by atoms with Crippen molar-refractivity contribution >= 4 is 11.6 Å². The monoisotopic (exact) mass is 385 g/mol. The van der Waals surface area contributed by atoms with Crippen LogP contribution in [0.3, 0.4) is 0 Å². The molecule has 4 rings (SSSR count). The summed E-state index contributed by atoms with van der Waals surface area (Å²) >= 11 is 0. The number of anilines is 1. The summed E-state index contributed by atoms with van der Waals surface area (Å²) < 4.78 is 0. The van der Waals surface area contributed by atoms with E-state index in [2.05, 4.69) is 51.5 Å². The Labute approximate surface area is 172 Å². The standard InChI is InChI=1S/C25H27N3O/c29-25(26-19-21-8-3-1-4-9-21)23-11-7-10-22(18-23)20-27-14-16-28(17-15-27)24-12-5-2-6-13-24/h1-13,18H,14-17,19-20H2,(H,26,29). The van der Waals surface area contributed by atoms with Gasteiger partial charge < -0.3 is 10.2 Å². The number of piperazine rings is 1. The maximum Gasteiger partial charge on any atom is 0.251 e. The van der Waals surface area contributed by atoms with Crippen molar-refractivity contribution < 1.29 is 4.79 Å². The van der Waals surface area contributed by atoms with Gasteiger partial charge in [-0.15, -0.1) is 0 Å². The molecule has 0 spiro atoms. The van der Waals surface area contributed by atoms with E-state index in [0.717, 1.165) is 43.9 Å². The smallest absolute Gasteiger partial charge is 0.251 e. The summed E-state index contributed by atoms with van der Waals surface area (Å²) in [5.41, 5.74) is 4.31. The normalized spacial score (nSPS) is 14.6. The Morgan fingerprint density at radius 3 is 2.14 bits per heavy atom. The van der Waals surface area contributed by atoms with Crippen LogP contribution in [0.15, 0.2) is 84.9 Å². The van der Waals surface area contributed by atoms with E-state index in [1.165, 1.54) is 11.3 Å². The third kappa shape index (κ3) is 5.24. The van der Waals surface area contributed by atoms with Crippen LogP contribution in [0.2, 0.25) is 0 Å². The summed E-state index contributed by atoms with van der Waals surface area (Å²) in [7, 11) is 0. The summed E-state index contributed by atoms with van der Waals surface area (Å²) in [4.78, 5) is 17.4. The van der Waals surface area contributed by atoms with E-state index < -0.39 is 0 Å². The average molecular weight is 386 g/mol. The molecular weight excluding hydrogens is 358 g/mol. The first-order valence-electron chi connectivity index (χ1n) is 10.2. The third-order valence-electron chi connectivity index (χ3n) is 5.38. The van der Waals surface area contributed by atoms with Crippen molar-refractivity contribution in [1.29, 1.82) is 0 Å². The predicted molar refractivity (Wildman–Crippen MR) is 118 cm³/mol. The van der Waals surface area contributed by atoms with Gasteiger partial charge in [-0.3, -0.25) is 9.69 Å². The van der Waals surface area contributed by atoms with Crippen LogP contribution in [0.5, 0.6) is 0 Å². The van der Waals surface area contributed by atoms with Gasteiger partial charge >= 0.3 is 0 Å². The molecule has 148 valence electrons. The molecule has 1 N–H and O–H groups in total. The highest BCUT2D eigenvalue weighted by Crippen LogP contribution is 2.17. The van der Waals surface area contributed by atoms with Crippen molar-refractivity contribution in [1.82, 2.24) is 10.2 Å². The molecule has 1 heterocycles. The molecule has 0 aromatic heterocycles. The molecule has 4 heteroatoms. The molecule has 0 aliphatic carbocycles. The molecule has 0 atom stereocenters. The zero-order chi connectivity index (χ0) is 19.9. The van der Waals surface area contributed by atoms with Crippen molar-refractivity contribution in [2.75, 3.05) is 31.1 Å². The van der Waals surface area contributed by atoms with Crippen LogP contribution in [-0.2, 0) is 13.1 Å². The van der Waals surface area contributed by atoms with Crippen LogP contribution < -0.4 is 10.2 Å². The fraction of sp³-hybridized carbons (Fsp3) is 0.240. The Balaban J connectivity index is 1.30. The summed E-state index contributed by atoms with van der Waals surface area (Å²) in [5.74, 6) is -0.0235. The number of carbonyl (C=O) groups excluding carboxylic acids is 1. The first-order chi connectivity index (χ1) is 14.3. The van der Waals surface area contributed by atoms with Crippen molar-refractivity contribution in [3.63, 3.8) is 0 Å². The third-order valence-corrected chi connectivity index (χ3v) is 5.38. The number of hydrogen-bond donors (Lipinski definition) is 1. The summed E-state index contributed by atoms with van der Waals surface area (Å²) in [6.45, 7) is 5.54. The molecule has 1 saturated heterocycles. The topological polar surface area (TPSA) is 35.6 Å². The zero-order valence-corrected chi connectivity index (χ0v) is 16.6. The molecule has 4 nitrogen and oxygen atoms in total. The highest BCUT2D eigenvalue weighted by Gasteiger charge is 2.17. The van der Waals surface area contributed by atoms with Crippen molar-refractivity contribution in [2.24, 2.45) is 0 Å². The molecule has 3 aromatic rings. The van der Waals surface area contributed by atoms with E-state index >= 15 is 0 Å². The second kappa shape index (κ2) is 9.39. The van der Waals surface area contributed by atoms with Gasteiger partial charge in [-0.05, 0) is 35.4 Å². The van der Waals surface area contributed by atoms with E-state index in [9.17, 15) is 4.79 Å². The zero-order valence-electron chi connectivity index (χ0n) is 16.6. The van der Waals surface area contributed by atoms with Gasteiger partial charge in [-0.25, -0.2) is 0 Å². The average Bonchev–Trinajstić information content (AvgIpc) is 2.79. The SMILES string of the molecule is O=C(NCc1ccccc1)c1cccc(CN2CCN(c3ccccc3)CC2)c1. The number of para-hydroxylation sites is 1. The van der Waals surface area contributed by atoms with Gasteiger partial charge in [0.2, 0.25) is 0 Å². The molecule has 0 radical (unpaired) electrons. The van der Waals surface area contributed by atoms with Crippen molar-refractivity contribution in [3.8, 4) is 0 Å². The minimum atomic E-state index is -0.0235. The summed E-state index contributed by atoms with van der Waals surface area (Å²) in [6.07, 6.45) is 0. The van der Waals surface area contributed by atoms with Gasteiger partial charge in [0.05, 0.1) is 0 Å². The Hall–Kier alpha value is -3.11. The molecule has 0 saturated carbocycles. The van der Waals surface area contributed by atoms with Crippen LogP contribution in [0.4, 0.5) is 5.69 Å². The highest BCUT2D eigenvalue weighted by molar-refractivity contribution is 5.94. The lowest BCUT2D eigenvalue weighted by molar-refractivity contribution is 0.0950. The molecule has 1 aliphatic heterocycles. The second-order valence-electron chi connectivity index (χ2n) is 7.47. The first-order valence-corrected chi connectivity index (χ1v) is 10.2. The van der Waals surface area contributed by atoms with E-state index in [0.29, 0.717) is 6.54 Å². The Morgan fingerprint density at radius 2 is 1.41 bits per heavy atom. The van der Waals surface area contributed by atoms with Gasteiger partial charge in [0.25, 0.3) is 5.91 Å². The fourth-order valence-electron chi connectivity index (χ4n) is 3.75. The summed E-state index contributed by atoms with van der Waals surface area (Å²) in [5, 5.41) is 3.01. The van der Waals surface area contributed by atoms with E-state index in [1.807, 2.05) is 48.5 Å². The number of nitrogens with zero attached hydrogens (tertiary/aromatic N) is 2. The number of hydrogen-bond acceptors (Lipinski definition) is 3. The first kappa shape index (κ1) is 19.2. The minimum Gasteiger partial charge on any atom is -0.369 e. The fourth-order valence-corrected chi connectivity index (χ4v) is 3.75. The second-order valence-corrected chi connectivity index (χ2v) is 7.47. The Bertz CT molecular complexity index is 919. The molecule has 0 unspecified atom stereocenters. The van der Waals surface area contributed by atoms with Crippen LogP contribution in [0.1, 0.15) is 21.5 Å². The van der Waals surface area contributed by atoms with E-state index in [-0.39, 0.29) is 5.91 Å². The van der Waals surface area contributed by atoms with Gasteiger partial charge in [-0.2, -0.15) is 0 Å². The minimum absolute atomic E-state index is 0.0235. The van der Waals surface area contributed by atoms with Crippen LogP contribution in [0.25, 0.3) is 0 Å². The number of amides is 1. The van der Waals surface area contributed by atoms with Gasteiger partial charge in [0.15, 0.2) is 0 Å². The maximum atomic E-state index is 12.5. The Kier molecular flexibility index (Phi) is 6.22. The largest absolute Gasteiger partial charge is 0.369 e. The van der Waals surface area contributed by atoms with Crippen molar-refractivity contribution in [2.45, 2.75) is 13.1 Å². The lowest BCUT2D eigenvalue weighted by atomic mass is 10.1. The summed E-state index contributed by atoms with van der Waals surface area (Å²) in [6, 6.07) is 28.6.